The second-order valence-electron chi connectivity index (χ2n) is 7.60. The summed E-state index contributed by atoms with van der Waals surface area (Å²) in [5, 5.41) is 6.19. The lowest BCUT2D eigenvalue weighted by Crippen LogP contribution is -2.47. The number of hydrogen-bond donors (Lipinski definition) is 2. The molecule has 0 radical (unpaired) electrons. The fraction of sp³-hybridized carbons (Fsp3) is 0.632. The number of nitrogens with zero attached hydrogens (tertiary/aromatic N) is 1. The number of anilines is 1. The largest absolute Gasteiger partial charge is 0.371 e. The molecule has 3 aliphatic rings. The Morgan fingerprint density at radius 3 is 2.88 bits per heavy atom. The summed E-state index contributed by atoms with van der Waals surface area (Å²) in [6.45, 7) is 4.54. The number of benzene rings is 1. The Morgan fingerprint density at radius 2 is 2.12 bits per heavy atom. The molecule has 1 saturated carbocycles. The van der Waals surface area contributed by atoms with Crippen LogP contribution < -0.4 is 15.5 Å². The van der Waals surface area contributed by atoms with Gasteiger partial charge in [-0.1, -0.05) is 18.2 Å². The summed E-state index contributed by atoms with van der Waals surface area (Å²) < 4.78 is 13.3. The highest BCUT2D eigenvalue weighted by atomic mass is 19.1. The fourth-order valence-corrected chi connectivity index (χ4v) is 4.74. The Kier molecular flexibility index (Phi) is 4.21. The SMILES string of the molecule is Cc1ccccc1N1C[C@H]2CC[C@H](NC(=O)[C@@H]3C[C@@H](F)CN3)[C@H]2C1. The number of hydrogen-bond acceptors (Lipinski definition) is 3. The first kappa shape index (κ1) is 15.9. The number of carbonyl (C=O) groups excluding carboxylic acids is 1. The Labute approximate surface area is 142 Å². The zero-order valence-corrected chi connectivity index (χ0v) is 14.2. The number of fused-ring (bicyclic) bond motifs is 1. The maximum absolute atomic E-state index is 13.3. The minimum Gasteiger partial charge on any atom is -0.371 e. The van der Waals surface area contributed by atoms with Crippen molar-refractivity contribution < 1.29 is 9.18 Å². The van der Waals surface area contributed by atoms with E-state index in [4.69, 9.17) is 0 Å². The number of amides is 1. The first-order chi connectivity index (χ1) is 11.6. The molecule has 5 atom stereocenters. The molecule has 2 N–H and O–H groups in total. The van der Waals surface area contributed by atoms with Crippen LogP contribution in [0.2, 0.25) is 0 Å². The molecule has 1 aliphatic carbocycles. The van der Waals surface area contributed by atoms with Crippen LogP contribution in [0.3, 0.4) is 0 Å². The van der Waals surface area contributed by atoms with Gasteiger partial charge in [-0.25, -0.2) is 4.39 Å². The Balaban J connectivity index is 1.40. The van der Waals surface area contributed by atoms with Gasteiger partial charge in [-0.05, 0) is 37.3 Å². The van der Waals surface area contributed by atoms with Gasteiger partial charge in [-0.2, -0.15) is 0 Å². The molecule has 0 spiro atoms. The van der Waals surface area contributed by atoms with Crippen molar-refractivity contribution in [3.05, 3.63) is 29.8 Å². The van der Waals surface area contributed by atoms with Crippen molar-refractivity contribution in [2.24, 2.45) is 11.8 Å². The number of alkyl halides is 1. The van der Waals surface area contributed by atoms with Crippen molar-refractivity contribution in [1.82, 2.24) is 10.6 Å². The summed E-state index contributed by atoms with van der Waals surface area (Å²) in [6, 6.07) is 8.39. The molecule has 0 bridgehead atoms. The van der Waals surface area contributed by atoms with Gasteiger partial charge in [0.1, 0.15) is 6.17 Å². The van der Waals surface area contributed by atoms with Crippen LogP contribution in [-0.2, 0) is 4.79 Å². The maximum atomic E-state index is 13.3. The highest BCUT2D eigenvalue weighted by molar-refractivity contribution is 5.82. The van der Waals surface area contributed by atoms with E-state index in [-0.39, 0.29) is 18.0 Å². The molecular formula is C19H26FN3O. The smallest absolute Gasteiger partial charge is 0.237 e. The molecule has 2 heterocycles. The van der Waals surface area contributed by atoms with E-state index >= 15 is 0 Å². The maximum Gasteiger partial charge on any atom is 0.237 e. The summed E-state index contributed by atoms with van der Waals surface area (Å²) in [7, 11) is 0. The third kappa shape index (κ3) is 2.90. The summed E-state index contributed by atoms with van der Waals surface area (Å²) >= 11 is 0. The van der Waals surface area contributed by atoms with Crippen LogP contribution in [0, 0.1) is 18.8 Å². The van der Waals surface area contributed by atoms with Gasteiger partial charge < -0.3 is 15.5 Å². The van der Waals surface area contributed by atoms with E-state index in [1.54, 1.807) is 0 Å². The van der Waals surface area contributed by atoms with Crippen molar-refractivity contribution >= 4 is 11.6 Å². The molecular weight excluding hydrogens is 305 g/mol. The van der Waals surface area contributed by atoms with Crippen LogP contribution in [0.15, 0.2) is 24.3 Å². The van der Waals surface area contributed by atoms with Crippen molar-refractivity contribution in [1.29, 1.82) is 0 Å². The molecule has 1 aromatic rings. The predicted molar refractivity (Wildman–Crippen MR) is 92.8 cm³/mol. The van der Waals surface area contributed by atoms with Crippen molar-refractivity contribution in [2.45, 2.75) is 44.4 Å². The van der Waals surface area contributed by atoms with Gasteiger partial charge in [0.2, 0.25) is 5.91 Å². The van der Waals surface area contributed by atoms with Crippen LogP contribution in [0.25, 0.3) is 0 Å². The monoisotopic (exact) mass is 331 g/mol. The van der Waals surface area contributed by atoms with Gasteiger partial charge in [0, 0.05) is 43.7 Å². The fourth-order valence-electron chi connectivity index (χ4n) is 4.74. The first-order valence-electron chi connectivity index (χ1n) is 9.10. The lowest BCUT2D eigenvalue weighted by Gasteiger charge is -2.25. The molecule has 1 aromatic carbocycles. The second kappa shape index (κ2) is 6.36. The van der Waals surface area contributed by atoms with E-state index in [9.17, 15) is 9.18 Å². The van der Waals surface area contributed by atoms with E-state index in [0.717, 1.165) is 19.5 Å². The minimum absolute atomic E-state index is 0.0184. The van der Waals surface area contributed by atoms with Crippen LogP contribution >= 0.6 is 0 Å². The molecule has 130 valence electrons. The highest BCUT2D eigenvalue weighted by Crippen LogP contribution is 2.40. The first-order valence-corrected chi connectivity index (χ1v) is 9.10. The number of carbonyl (C=O) groups is 1. The number of aryl methyl sites for hydroxylation is 1. The van der Waals surface area contributed by atoms with Crippen molar-refractivity contribution in [2.75, 3.05) is 24.5 Å². The molecule has 0 aromatic heterocycles. The molecule has 24 heavy (non-hydrogen) atoms. The lowest BCUT2D eigenvalue weighted by atomic mass is 9.97. The van der Waals surface area contributed by atoms with Crippen molar-refractivity contribution in [3.8, 4) is 0 Å². The summed E-state index contributed by atoms with van der Waals surface area (Å²) in [4.78, 5) is 14.9. The average molecular weight is 331 g/mol. The zero-order chi connectivity index (χ0) is 16.7. The standard InChI is InChI=1S/C19H26FN3O/c1-12-4-2-3-5-18(12)23-10-13-6-7-16(15(13)11-23)22-19(24)17-8-14(20)9-21-17/h2-5,13-17,21H,6-11H2,1H3,(H,22,24)/t13-,14-,15+,16+,17+/m1/s1. The zero-order valence-electron chi connectivity index (χ0n) is 14.2. The van der Waals surface area contributed by atoms with E-state index < -0.39 is 6.17 Å². The van der Waals surface area contributed by atoms with Gasteiger partial charge in [-0.3, -0.25) is 4.79 Å². The third-order valence-corrected chi connectivity index (χ3v) is 6.03. The van der Waals surface area contributed by atoms with Gasteiger partial charge in [0.15, 0.2) is 0 Å². The third-order valence-electron chi connectivity index (χ3n) is 6.03. The summed E-state index contributed by atoms with van der Waals surface area (Å²) in [6.07, 6.45) is 1.64. The van der Waals surface area contributed by atoms with Gasteiger partial charge in [0.05, 0.1) is 6.04 Å². The minimum atomic E-state index is -0.889. The molecule has 0 unspecified atom stereocenters. The number of halogens is 1. The second-order valence-corrected chi connectivity index (χ2v) is 7.60. The van der Waals surface area contributed by atoms with Gasteiger partial charge in [0.25, 0.3) is 0 Å². The normalized spacial score (nSPS) is 35.2. The van der Waals surface area contributed by atoms with Gasteiger partial charge in [-0.15, -0.1) is 0 Å². The predicted octanol–water partition coefficient (Wildman–Crippen LogP) is 2.03. The topological polar surface area (TPSA) is 44.4 Å². The summed E-state index contributed by atoms with van der Waals surface area (Å²) in [5.74, 6) is 1.15. The molecule has 4 nitrogen and oxygen atoms in total. The molecule has 1 amide bonds. The Bertz CT molecular complexity index is 622. The Morgan fingerprint density at radius 1 is 1.29 bits per heavy atom. The van der Waals surface area contributed by atoms with Crippen LogP contribution in [0.4, 0.5) is 10.1 Å². The Hall–Kier alpha value is -1.62. The van der Waals surface area contributed by atoms with Crippen molar-refractivity contribution in [3.63, 3.8) is 0 Å². The molecule has 2 saturated heterocycles. The van der Waals surface area contributed by atoms with E-state index in [1.165, 1.54) is 17.7 Å². The quantitative estimate of drug-likeness (QED) is 0.891. The average Bonchev–Trinajstić information content (AvgIpc) is 3.25. The molecule has 4 rings (SSSR count). The van der Waals surface area contributed by atoms with Crippen LogP contribution in [0.5, 0.6) is 0 Å². The highest BCUT2D eigenvalue weighted by Gasteiger charge is 2.44. The van der Waals surface area contributed by atoms with Crippen LogP contribution in [0.1, 0.15) is 24.8 Å². The van der Waals surface area contributed by atoms with E-state index in [2.05, 4.69) is 46.7 Å². The molecule has 3 fully saturated rings. The van der Waals surface area contributed by atoms with Crippen LogP contribution in [-0.4, -0.2) is 43.8 Å². The number of rotatable bonds is 3. The number of nitrogens with one attached hydrogen (secondary N) is 2. The molecule has 2 aliphatic heterocycles. The van der Waals surface area contributed by atoms with Gasteiger partial charge >= 0.3 is 0 Å². The van der Waals surface area contributed by atoms with E-state index in [1.807, 2.05) is 0 Å². The van der Waals surface area contributed by atoms with E-state index in [0.29, 0.717) is 24.8 Å². The number of para-hydroxylation sites is 1. The molecule has 5 heteroatoms. The summed E-state index contributed by atoms with van der Waals surface area (Å²) in [5.41, 5.74) is 2.62. The lowest BCUT2D eigenvalue weighted by molar-refractivity contribution is -0.123.